The summed E-state index contributed by atoms with van der Waals surface area (Å²) >= 11 is 6.27. The van der Waals surface area contributed by atoms with Crippen molar-refractivity contribution in [2.75, 3.05) is 6.54 Å². The Balaban J connectivity index is 2.56. The van der Waals surface area contributed by atoms with E-state index in [1.54, 1.807) is 6.08 Å². The lowest BCUT2D eigenvalue weighted by Crippen LogP contribution is -2.52. The van der Waals surface area contributed by atoms with Gasteiger partial charge in [-0.1, -0.05) is 49.6 Å². The standard InChI is InChI=1S/C23H26ClNO6/c1-6-13(2)9-14(3)7-8-16-10-17-18(11-25(16)12-19(27)28)21(29)23(5,31-15(4)26)22(30)20(17)24/h7-11,13H,6,12H2,1-5H3,(H,27,28)/b8-7+,14-9+/t13-,23+/m0/s1. The molecule has 1 aliphatic heterocycles. The minimum absolute atomic E-state index is 0.0126. The molecule has 2 rings (SSSR count). The average molecular weight is 448 g/mol. The zero-order valence-electron chi connectivity index (χ0n) is 18.2. The van der Waals surface area contributed by atoms with Crippen LogP contribution in [0.2, 0.25) is 0 Å². The number of halogens is 1. The van der Waals surface area contributed by atoms with Gasteiger partial charge in [0.1, 0.15) is 6.54 Å². The molecule has 8 heteroatoms. The molecule has 1 aliphatic carbocycles. The maximum Gasteiger partial charge on any atom is 0.323 e. The number of Topliss-reactive ketones (excluding diaryl/α,β-unsaturated/α-hetero) is 2. The van der Waals surface area contributed by atoms with Crippen LogP contribution in [-0.4, -0.2) is 45.7 Å². The van der Waals surface area contributed by atoms with E-state index in [1.807, 2.05) is 13.0 Å². The summed E-state index contributed by atoms with van der Waals surface area (Å²) in [5, 5.41) is 9.06. The highest BCUT2D eigenvalue weighted by Crippen LogP contribution is 2.39. The van der Waals surface area contributed by atoms with Crippen LogP contribution >= 0.6 is 11.6 Å². The lowest BCUT2D eigenvalue weighted by molar-refractivity contribution is -0.167. The maximum atomic E-state index is 13.0. The Morgan fingerprint density at radius 2 is 1.94 bits per heavy atom. The lowest BCUT2D eigenvalue weighted by atomic mass is 9.79. The Labute approximate surface area is 186 Å². The molecule has 0 aromatic heterocycles. The largest absolute Gasteiger partial charge is 0.480 e. The zero-order chi connectivity index (χ0) is 23.5. The highest BCUT2D eigenvalue weighted by Gasteiger charge is 2.52. The van der Waals surface area contributed by atoms with Gasteiger partial charge in [-0.3, -0.25) is 19.2 Å². The van der Waals surface area contributed by atoms with Crippen molar-refractivity contribution in [2.45, 2.75) is 46.6 Å². The minimum Gasteiger partial charge on any atom is -0.480 e. The van der Waals surface area contributed by atoms with Crippen LogP contribution in [0.3, 0.4) is 0 Å². The Kier molecular flexibility index (Phi) is 7.44. The Bertz CT molecular complexity index is 984. The molecular formula is C23H26ClNO6. The summed E-state index contributed by atoms with van der Waals surface area (Å²) < 4.78 is 5.02. The molecule has 2 aliphatic rings. The van der Waals surface area contributed by atoms with Gasteiger partial charge < -0.3 is 14.7 Å². The van der Waals surface area contributed by atoms with Gasteiger partial charge in [-0.05, 0) is 31.9 Å². The number of hydrogen-bond donors (Lipinski definition) is 1. The number of carboxylic acid groups (broad SMARTS) is 1. The van der Waals surface area contributed by atoms with Crippen LogP contribution in [0.15, 0.2) is 58.0 Å². The number of allylic oxidation sites excluding steroid dienone is 6. The van der Waals surface area contributed by atoms with Crippen LogP contribution in [0.1, 0.15) is 41.0 Å². The molecule has 0 amide bonds. The predicted octanol–water partition coefficient (Wildman–Crippen LogP) is 3.67. The topological polar surface area (TPSA) is 101 Å². The summed E-state index contributed by atoms with van der Waals surface area (Å²) in [6.07, 6.45) is 9.44. The number of aliphatic carboxylic acids is 1. The van der Waals surface area contributed by atoms with Crippen molar-refractivity contribution in [3.63, 3.8) is 0 Å². The summed E-state index contributed by atoms with van der Waals surface area (Å²) in [5.74, 6) is -3.10. The maximum absolute atomic E-state index is 13.0. The number of nitrogens with zero attached hydrogens (tertiary/aromatic N) is 1. The van der Waals surface area contributed by atoms with E-state index >= 15 is 0 Å². The predicted molar refractivity (Wildman–Crippen MR) is 116 cm³/mol. The monoisotopic (exact) mass is 447 g/mol. The van der Waals surface area contributed by atoms with Gasteiger partial charge in [0.2, 0.25) is 17.2 Å². The molecule has 0 unspecified atom stereocenters. The van der Waals surface area contributed by atoms with E-state index in [1.165, 1.54) is 24.1 Å². The second-order valence-electron chi connectivity index (χ2n) is 7.78. The third kappa shape index (κ3) is 5.22. The summed E-state index contributed by atoms with van der Waals surface area (Å²) in [6.45, 7) is 7.96. The van der Waals surface area contributed by atoms with Crippen molar-refractivity contribution in [1.29, 1.82) is 0 Å². The first-order valence-corrected chi connectivity index (χ1v) is 10.3. The molecule has 31 heavy (non-hydrogen) atoms. The summed E-state index contributed by atoms with van der Waals surface area (Å²) in [5.41, 5.74) is -0.472. The fraction of sp³-hybridized carbons (Fsp3) is 0.391. The van der Waals surface area contributed by atoms with E-state index in [2.05, 4.69) is 19.9 Å². The molecule has 0 radical (unpaired) electrons. The van der Waals surface area contributed by atoms with Gasteiger partial charge in [-0.15, -0.1) is 0 Å². The number of ether oxygens (including phenoxy) is 1. The summed E-state index contributed by atoms with van der Waals surface area (Å²) in [7, 11) is 0. The second-order valence-corrected chi connectivity index (χ2v) is 8.15. The molecule has 2 atom stereocenters. The fourth-order valence-electron chi connectivity index (χ4n) is 3.31. The van der Waals surface area contributed by atoms with Crippen LogP contribution in [0.4, 0.5) is 0 Å². The SMILES string of the molecule is CC[C@H](C)/C=C(C)/C=C/C1=CC2=C(Cl)C(=O)[C@](C)(OC(C)=O)C(=O)C2=CN1CC(=O)O. The van der Waals surface area contributed by atoms with Crippen molar-refractivity contribution < 1.29 is 29.0 Å². The molecular weight excluding hydrogens is 422 g/mol. The van der Waals surface area contributed by atoms with Crippen LogP contribution < -0.4 is 0 Å². The van der Waals surface area contributed by atoms with Crippen LogP contribution in [0.5, 0.6) is 0 Å². The molecule has 7 nitrogen and oxygen atoms in total. The zero-order valence-corrected chi connectivity index (χ0v) is 18.9. The van der Waals surface area contributed by atoms with E-state index < -0.39 is 35.7 Å². The van der Waals surface area contributed by atoms with Gasteiger partial charge in [0.15, 0.2) is 0 Å². The molecule has 1 N–H and O–H groups in total. The Morgan fingerprint density at radius 3 is 2.48 bits per heavy atom. The summed E-state index contributed by atoms with van der Waals surface area (Å²) in [6, 6.07) is 0. The quantitative estimate of drug-likeness (QED) is 0.361. The summed E-state index contributed by atoms with van der Waals surface area (Å²) in [4.78, 5) is 50.0. The van der Waals surface area contributed by atoms with E-state index in [0.29, 0.717) is 11.6 Å². The van der Waals surface area contributed by atoms with E-state index in [-0.39, 0.29) is 16.2 Å². The van der Waals surface area contributed by atoms with E-state index in [9.17, 15) is 24.3 Å². The third-order valence-corrected chi connectivity index (χ3v) is 5.48. The van der Waals surface area contributed by atoms with Crippen molar-refractivity contribution in [1.82, 2.24) is 4.90 Å². The number of carbonyl (C=O) groups is 4. The number of hydrogen-bond acceptors (Lipinski definition) is 6. The highest BCUT2D eigenvalue weighted by molar-refractivity contribution is 6.49. The third-order valence-electron chi connectivity index (χ3n) is 5.11. The highest BCUT2D eigenvalue weighted by atomic mass is 35.5. The number of esters is 1. The van der Waals surface area contributed by atoms with Crippen molar-refractivity contribution in [2.24, 2.45) is 5.92 Å². The van der Waals surface area contributed by atoms with Crippen molar-refractivity contribution in [3.05, 3.63) is 58.0 Å². The first-order chi connectivity index (χ1) is 14.4. The van der Waals surface area contributed by atoms with Crippen LogP contribution in [0.25, 0.3) is 0 Å². The first-order valence-electron chi connectivity index (χ1n) is 9.88. The molecule has 166 valence electrons. The van der Waals surface area contributed by atoms with Crippen LogP contribution in [0, 0.1) is 5.92 Å². The number of carbonyl (C=O) groups excluding carboxylic acids is 3. The molecule has 0 saturated heterocycles. The lowest BCUT2D eigenvalue weighted by Gasteiger charge is -2.35. The average Bonchev–Trinajstić information content (AvgIpc) is 2.68. The molecule has 0 saturated carbocycles. The molecule has 0 aromatic rings. The normalized spacial score (nSPS) is 22.9. The first kappa shape index (κ1) is 24.3. The smallest absolute Gasteiger partial charge is 0.323 e. The van der Waals surface area contributed by atoms with Gasteiger partial charge in [-0.2, -0.15) is 0 Å². The second kappa shape index (κ2) is 9.47. The van der Waals surface area contributed by atoms with Gasteiger partial charge in [-0.25, -0.2) is 0 Å². The Hall–Kier alpha value is -2.93. The number of ketones is 2. The van der Waals surface area contributed by atoms with E-state index in [0.717, 1.165) is 18.9 Å². The minimum atomic E-state index is -2.09. The Morgan fingerprint density at radius 1 is 1.29 bits per heavy atom. The molecule has 0 spiro atoms. The van der Waals surface area contributed by atoms with Gasteiger partial charge >= 0.3 is 11.9 Å². The number of carboxylic acids is 1. The van der Waals surface area contributed by atoms with E-state index in [4.69, 9.17) is 16.3 Å². The number of fused-ring (bicyclic) bond motifs is 1. The fourth-order valence-corrected chi connectivity index (χ4v) is 3.65. The molecule has 0 aromatic carbocycles. The van der Waals surface area contributed by atoms with Crippen molar-refractivity contribution >= 4 is 35.1 Å². The van der Waals surface area contributed by atoms with Crippen LogP contribution in [-0.2, 0) is 23.9 Å². The molecule has 0 bridgehead atoms. The molecule has 0 fully saturated rings. The van der Waals surface area contributed by atoms with Crippen molar-refractivity contribution in [3.8, 4) is 0 Å². The number of rotatable bonds is 7. The van der Waals surface area contributed by atoms with Gasteiger partial charge in [0, 0.05) is 30.0 Å². The van der Waals surface area contributed by atoms with Gasteiger partial charge in [0.25, 0.3) is 0 Å². The van der Waals surface area contributed by atoms with Gasteiger partial charge in [0.05, 0.1) is 5.03 Å². The molecule has 1 heterocycles.